The minimum atomic E-state index is 1.16. The highest BCUT2D eigenvalue weighted by Crippen LogP contribution is 1.91. The molecule has 0 aromatic rings. The molecule has 0 radical (unpaired) electrons. The average molecular weight is 173 g/mol. The zero-order valence-corrected chi connectivity index (χ0v) is 9.78. The van der Waals surface area contributed by atoms with Crippen LogP contribution in [-0.4, -0.2) is 6.54 Å². The Labute approximate surface area is 79.3 Å². The molecule has 0 bridgehead atoms. The van der Waals surface area contributed by atoms with Crippen molar-refractivity contribution in [3.63, 3.8) is 0 Å². The highest BCUT2D eigenvalue weighted by Gasteiger charge is 1.84. The third kappa shape index (κ3) is 22.7. The van der Waals surface area contributed by atoms with Gasteiger partial charge in [0.2, 0.25) is 0 Å². The van der Waals surface area contributed by atoms with Crippen LogP contribution in [0, 0.1) is 0 Å². The van der Waals surface area contributed by atoms with E-state index in [1.807, 2.05) is 47.7 Å². The van der Waals surface area contributed by atoms with Crippen LogP contribution in [0.4, 0.5) is 0 Å². The molecule has 0 fully saturated rings. The lowest BCUT2D eigenvalue weighted by atomic mass is 10.2. The van der Waals surface area contributed by atoms with Gasteiger partial charge in [-0.2, -0.15) is 0 Å². The zero-order chi connectivity index (χ0) is 10.2. The second kappa shape index (κ2) is 31.3. The molecule has 0 amide bonds. The normalized spacial score (nSPS) is 11.5. The van der Waals surface area contributed by atoms with Gasteiger partial charge in [-0.15, -0.1) is 0 Å². The van der Waals surface area contributed by atoms with Gasteiger partial charge in [-0.25, -0.2) is 0 Å². The van der Waals surface area contributed by atoms with Crippen LogP contribution in [0.25, 0.3) is 0 Å². The Morgan fingerprint density at radius 3 is 1.50 bits per heavy atom. The molecule has 0 saturated heterocycles. The number of rotatable bonds is 0. The average Bonchev–Trinajstić information content (AvgIpc) is 2.29. The Kier molecular flexibility index (Phi) is 45.8. The van der Waals surface area contributed by atoms with Gasteiger partial charge in [0.25, 0.3) is 0 Å². The summed E-state index contributed by atoms with van der Waals surface area (Å²) in [4.78, 5) is 0. The van der Waals surface area contributed by atoms with E-state index in [-0.39, 0.29) is 0 Å². The fourth-order valence-electron chi connectivity index (χ4n) is 0.572. The maximum atomic E-state index is 3.10. The van der Waals surface area contributed by atoms with Crippen molar-refractivity contribution < 1.29 is 0 Å². The van der Waals surface area contributed by atoms with Crippen molar-refractivity contribution in [2.75, 3.05) is 6.54 Å². The van der Waals surface area contributed by atoms with Gasteiger partial charge < -0.3 is 5.32 Å². The third-order valence-electron chi connectivity index (χ3n) is 0.928. The van der Waals surface area contributed by atoms with E-state index in [9.17, 15) is 0 Å². The summed E-state index contributed by atoms with van der Waals surface area (Å²) in [6.07, 6.45) is 6.73. The maximum Gasteiger partial charge on any atom is 0.0144 e. The molecule has 0 aromatic carbocycles. The van der Waals surface area contributed by atoms with Crippen LogP contribution in [0.2, 0.25) is 0 Å². The summed E-state index contributed by atoms with van der Waals surface area (Å²) in [6.45, 7) is 13.2. The summed E-state index contributed by atoms with van der Waals surface area (Å²) in [5.41, 5.74) is 0. The summed E-state index contributed by atoms with van der Waals surface area (Å²) >= 11 is 0. The predicted octanol–water partition coefficient (Wildman–Crippen LogP) is 3.96. The van der Waals surface area contributed by atoms with E-state index in [4.69, 9.17) is 0 Å². The van der Waals surface area contributed by atoms with Gasteiger partial charge in [-0.1, -0.05) is 47.6 Å². The molecular formula is C11H27N. The first-order chi connectivity index (χ1) is 6.00. The molecule has 1 rings (SSSR count). The van der Waals surface area contributed by atoms with Gasteiger partial charge in [-0.05, 0) is 19.0 Å². The van der Waals surface area contributed by atoms with E-state index >= 15 is 0 Å². The van der Waals surface area contributed by atoms with Crippen LogP contribution < -0.4 is 5.32 Å². The lowest BCUT2D eigenvalue weighted by Gasteiger charge is -2.02. The second-order valence-corrected chi connectivity index (χ2v) is 1.50. The van der Waals surface area contributed by atoms with Crippen LogP contribution in [0.1, 0.15) is 54.4 Å². The van der Waals surface area contributed by atoms with Crippen molar-refractivity contribution >= 4 is 0 Å². The largest absolute Gasteiger partial charge is 0.391 e. The first-order valence-electron chi connectivity index (χ1n) is 5.38. The monoisotopic (exact) mass is 173 g/mol. The minimum absolute atomic E-state index is 1.16. The summed E-state index contributed by atoms with van der Waals surface area (Å²) in [5.74, 6) is 0. The van der Waals surface area contributed by atoms with Gasteiger partial charge in [0, 0.05) is 6.54 Å². The molecular weight excluding hydrogens is 146 g/mol. The number of hydrogen-bond donors (Lipinski definition) is 1. The van der Waals surface area contributed by atoms with E-state index in [0.717, 1.165) is 6.54 Å². The highest BCUT2D eigenvalue weighted by molar-refractivity contribution is 4.83. The first kappa shape index (κ1) is 17.6. The lowest BCUT2D eigenvalue weighted by molar-refractivity contribution is 0.728. The van der Waals surface area contributed by atoms with Crippen molar-refractivity contribution in [1.82, 2.24) is 5.32 Å². The van der Waals surface area contributed by atoms with E-state index in [1.54, 1.807) is 0 Å². The third-order valence-corrected chi connectivity index (χ3v) is 0.928. The second-order valence-electron chi connectivity index (χ2n) is 1.50. The number of hydrogen-bond acceptors (Lipinski definition) is 1. The van der Waals surface area contributed by atoms with E-state index in [2.05, 4.69) is 11.4 Å². The first-order valence-corrected chi connectivity index (χ1v) is 5.38. The topological polar surface area (TPSA) is 12.0 Å². The Balaban J connectivity index is -0.000000117. The Hall–Kier alpha value is -0.460. The molecule has 1 heteroatoms. The molecule has 0 unspecified atom stereocenters. The number of allylic oxidation sites excluding steroid dienone is 1. The molecule has 1 nitrogen and oxygen atoms in total. The van der Waals surface area contributed by atoms with Crippen molar-refractivity contribution in [2.45, 2.75) is 54.4 Å². The van der Waals surface area contributed by atoms with Gasteiger partial charge in [0.05, 0.1) is 0 Å². The van der Waals surface area contributed by atoms with Crippen molar-refractivity contribution in [1.29, 1.82) is 0 Å². The Morgan fingerprint density at radius 1 is 0.917 bits per heavy atom. The molecule has 0 spiro atoms. The van der Waals surface area contributed by atoms with Gasteiger partial charge in [0.15, 0.2) is 0 Å². The fraction of sp³-hybridized carbons (Fsp3) is 0.818. The Bertz CT molecular complexity index is 50.0. The predicted molar refractivity (Wildman–Crippen MR) is 60.4 cm³/mol. The van der Waals surface area contributed by atoms with Crippen molar-refractivity contribution in [3.8, 4) is 0 Å². The van der Waals surface area contributed by atoms with Crippen molar-refractivity contribution in [2.24, 2.45) is 0 Å². The molecule has 0 aromatic heterocycles. The van der Waals surface area contributed by atoms with Crippen molar-refractivity contribution in [3.05, 3.63) is 12.3 Å². The summed E-state index contributed by atoms with van der Waals surface area (Å²) in [7, 11) is 0. The summed E-state index contributed by atoms with van der Waals surface area (Å²) < 4.78 is 0. The van der Waals surface area contributed by atoms with Gasteiger partial charge in [-0.3, -0.25) is 0 Å². The molecule has 12 heavy (non-hydrogen) atoms. The van der Waals surface area contributed by atoms with Crippen LogP contribution in [0.3, 0.4) is 0 Å². The molecule has 0 atom stereocenters. The van der Waals surface area contributed by atoms with E-state index in [1.165, 1.54) is 12.8 Å². The zero-order valence-electron chi connectivity index (χ0n) is 9.78. The van der Waals surface area contributed by atoms with E-state index < -0.39 is 0 Å². The van der Waals surface area contributed by atoms with E-state index in [0.29, 0.717) is 0 Å². The number of nitrogens with one attached hydrogen (secondary N) is 1. The Morgan fingerprint density at radius 2 is 1.42 bits per heavy atom. The van der Waals surface area contributed by atoms with Crippen LogP contribution in [0.5, 0.6) is 0 Å². The molecule has 76 valence electrons. The minimum Gasteiger partial charge on any atom is -0.391 e. The lowest BCUT2D eigenvalue weighted by Crippen LogP contribution is -2.09. The molecule has 1 aliphatic heterocycles. The van der Waals surface area contributed by atoms with Crippen LogP contribution >= 0.6 is 0 Å². The van der Waals surface area contributed by atoms with Gasteiger partial charge in [0.1, 0.15) is 0 Å². The SMILES string of the molecule is C1=CNCCC1.CC.CC.CC. The summed E-state index contributed by atoms with van der Waals surface area (Å²) in [5, 5.41) is 3.10. The molecule has 1 N–H and O–H groups in total. The maximum absolute atomic E-state index is 3.10. The highest BCUT2D eigenvalue weighted by atomic mass is 14.8. The van der Waals surface area contributed by atoms with Crippen LogP contribution in [-0.2, 0) is 0 Å². The molecule has 1 heterocycles. The standard InChI is InChI=1S/C5H9N.3C2H6/c1-2-4-6-5-3-1;3*1-2/h2,4,6H,1,3,5H2;3*1-2H3. The molecule has 0 aliphatic carbocycles. The fourth-order valence-corrected chi connectivity index (χ4v) is 0.572. The summed E-state index contributed by atoms with van der Waals surface area (Å²) in [6, 6.07) is 0. The molecule has 1 aliphatic rings. The van der Waals surface area contributed by atoms with Gasteiger partial charge >= 0.3 is 0 Å². The smallest absolute Gasteiger partial charge is 0.0144 e. The quantitative estimate of drug-likeness (QED) is 0.584. The molecule has 0 saturated carbocycles. The van der Waals surface area contributed by atoms with Crippen LogP contribution in [0.15, 0.2) is 12.3 Å².